The third-order valence-electron chi connectivity index (χ3n) is 4.25. The van der Waals surface area contributed by atoms with Crippen LogP contribution in [0.5, 0.6) is 0 Å². The fourth-order valence-electron chi connectivity index (χ4n) is 3.14. The van der Waals surface area contributed by atoms with Gasteiger partial charge in [-0.25, -0.2) is 13.1 Å². The Balaban J connectivity index is 2.24. The summed E-state index contributed by atoms with van der Waals surface area (Å²) in [6.07, 6.45) is 3.03. The van der Waals surface area contributed by atoms with Crippen LogP contribution >= 0.6 is 0 Å². The zero-order chi connectivity index (χ0) is 14.9. The summed E-state index contributed by atoms with van der Waals surface area (Å²) >= 11 is 0. The third kappa shape index (κ3) is 3.15. The standard InChI is InChI=1S/C15H24N2O2S/c1-10-7-8-14(12(3)9-10)17-20(18,19)15-11(2)5-4-6-13(15)16/h4-6,10,12,14,17H,7-9,16H2,1-3H3. The number of nitrogens with one attached hydrogen (secondary N) is 1. The van der Waals surface area contributed by atoms with E-state index in [2.05, 4.69) is 18.6 Å². The average Bonchev–Trinajstić information content (AvgIpc) is 2.32. The van der Waals surface area contributed by atoms with Crippen molar-refractivity contribution in [2.45, 2.75) is 51.0 Å². The molecule has 0 radical (unpaired) electrons. The number of hydrogen-bond acceptors (Lipinski definition) is 3. The Morgan fingerprint density at radius 1 is 1.25 bits per heavy atom. The molecule has 1 fully saturated rings. The number of nitrogens with two attached hydrogens (primary N) is 1. The second-order valence-electron chi connectivity index (χ2n) is 6.12. The predicted octanol–water partition coefficient (Wildman–Crippen LogP) is 2.68. The molecule has 0 aromatic heterocycles. The number of nitrogen functional groups attached to an aromatic ring is 1. The lowest BCUT2D eigenvalue weighted by Crippen LogP contribution is -2.42. The van der Waals surface area contributed by atoms with Gasteiger partial charge in [-0.15, -0.1) is 0 Å². The Morgan fingerprint density at radius 2 is 1.95 bits per heavy atom. The highest BCUT2D eigenvalue weighted by molar-refractivity contribution is 7.89. The van der Waals surface area contributed by atoms with Gasteiger partial charge < -0.3 is 5.73 Å². The molecule has 0 bridgehead atoms. The van der Waals surface area contributed by atoms with Crippen LogP contribution in [0.1, 0.15) is 38.7 Å². The molecule has 0 heterocycles. The van der Waals surface area contributed by atoms with Crippen LogP contribution in [0.3, 0.4) is 0 Å². The predicted molar refractivity (Wildman–Crippen MR) is 81.9 cm³/mol. The molecule has 0 saturated heterocycles. The largest absolute Gasteiger partial charge is 0.398 e. The molecule has 4 nitrogen and oxygen atoms in total. The Bertz CT molecular complexity index is 563. The molecule has 3 N–H and O–H groups in total. The number of hydrogen-bond donors (Lipinski definition) is 2. The van der Waals surface area contributed by atoms with E-state index in [1.807, 2.05) is 0 Å². The lowest BCUT2D eigenvalue weighted by Gasteiger charge is -2.33. The summed E-state index contributed by atoms with van der Waals surface area (Å²) in [5.41, 5.74) is 6.85. The van der Waals surface area contributed by atoms with Crippen LogP contribution in [-0.4, -0.2) is 14.5 Å². The zero-order valence-corrected chi connectivity index (χ0v) is 13.2. The van der Waals surface area contributed by atoms with Crippen molar-refractivity contribution in [2.75, 3.05) is 5.73 Å². The van der Waals surface area contributed by atoms with Gasteiger partial charge in [-0.2, -0.15) is 0 Å². The average molecular weight is 296 g/mol. The molecule has 1 aromatic rings. The first kappa shape index (κ1) is 15.3. The number of anilines is 1. The molecule has 0 aliphatic heterocycles. The number of benzene rings is 1. The van der Waals surface area contributed by atoms with Gasteiger partial charge in [0.25, 0.3) is 0 Å². The first-order valence-electron chi connectivity index (χ1n) is 7.18. The van der Waals surface area contributed by atoms with Gasteiger partial charge in [0.2, 0.25) is 10.0 Å². The van der Waals surface area contributed by atoms with Gasteiger partial charge in [-0.05, 0) is 49.7 Å². The van der Waals surface area contributed by atoms with E-state index in [4.69, 9.17) is 5.73 Å². The van der Waals surface area contributed by atoms with Crippen LogP contribution in [0.15, 0.2) is 23.1 Å². The van der Waals surface area contributed by atoms with Crippen LogP contribution in [0.2, 0.25) is 0 Å². The molecule has 2 rings (SSSR count). The highest BCUT2D eigenvalue weighted by Gasteiger charge is 2.30. The van der Waals surface area contributed by atoms with Gasteiger partial charge in [0.05, 0.1) is 5.69 Å². The molecule has 5 heteroatoms. The van der Waals surface area contributed by atoms with E-state index in [-0.39, 0.29) is 10.9 Å². The van der Waals surface area contributed by atoms with Crippen molar-refractivity contribution in [3.63, 3.8) is 0 Å². The normalized spacial score (nSPS) is 27.4. The van der Waals surface area contributed by atoms with Gasteiger partial charge in [0.15, 0.2) is 0 Å². The Kier molecular flexibility index (Phi) is 4.39. The minimum absolute atomic E-state index is 0.00945. The highest BCUT2D eigenvalue weighted by Crippen LogP contribution is 2.30. The lowest BCUT2D eigenvalue weighted by molar-refractivity contribution is 0.249. The summed E-state index contributed by atoms with van der Waals surface area (Å²) in [5, 5.41) is 0. The van der Waals surface area contributed by atoms with E-state index in [9.17, 15) is 8.42 Å². The van der Waals surface area contributed by atoms with Gasteiger partial charge in [0.1, 0.15) is 4.90 Å². The van der Waals surface area contributed by atoms with E-state index < -0.39 is 10.0 Å². The SMILES string of the molecule is Cc1cccc(N)c1S(=O)(=O)NC1CCC(C)CC1C. The quantitative estimate of drug-likeness (QED) is 0.842. The number of aryl methyl sites for hydroxylation is 1. The van der Waals surface area contributed by atoms with E-state index in [0.717, 1.165) is 19.3 Å². The summed E-state index contributed by atoms with van der Waals surface area (Å²) in [4.78, 5) is 0.228. The Hall–Kier alpha value is -1.07. The molecule has 1 aliphatic carbocycles. The van der Waals surface area contributed by atoms with E-state index >= 15 is 0 Å². The van der Waals surface area contributed by atoms with Crippen LogP contribution in [0.25, 0.3) is 0 Å². The number of rotatable bonds is 3. The summed E-state index contributed by atoms with van der Waals surface area (Å²) in [5.74, 6) is 1.04. The first-order chi connectivity index (χ1) is 9.31. The van der Waals surface area contributed by atoms with Crippen LogP contribution < -0.4 is 10.5 Å². The van der Waals surface area contributed by atoms with Crippen molar-refractivity contribution in [1.82, 2.24) is 4.72 Å². The fraction of sp³-hybridized carbons (Fsp3) is 0.600. The molecule has 1 aromatic carbocycles. The second-order valence-corrected chi connectivity index (χ2v) is 7.77. The van der Waals surface area contributed by atoms with Gasteiger partial charge >= 0.3 is 0 Å². The Morgan fingerprint density at radius 3 is 2.55 bits per heavy atom. The van der Waals surface area contributed by atoms with Crippen molar-refractivity contribution < 1.29 is 8.42 Å². The number of sulfonamides is 1. The van der Waals surface area contributed by atoms with E-state index in [1.54, 1.807) is 25.1 Å². The van der Waals surface area contributed by atoms with Crippen LogP contribution in [0, 0.1) is 18.8 Å². The monoisotopic (exact) mass is 296 g/mol. The van der Waals surface area contributed by atoms with Crippen molar-refractivity contribution in [3.8, 4) is 0 Å². The molecule has 20 heavy (non-hydrogen) atoms. The van der Waals surface area contributed by atoms with Gasteiger partial charge in [0, 0.05) is 6.04 Å². The van der Waals surface area contributed by atoms with Crippen LogP contribution in [-0.2, 0) is 10.0 Å². The molecule has 0 spiro atoms. The highest BCUT2D eigenvalue weighted by atomic mass is 32.2. The second kappa shape index (κ2) is 5.74. The maximum Gasteiger partial charge on any atom is 0.243 e. The molecule has 3 atom stereocenters. The molecular weight excluding hydrogens is 272 g/mol. The molecule has 3 unspecified atom stereocenters. The lowest BCUT2D eigenvalue weighted by atomic mass is 9.80. The van der Waals surface area contributed by atoms with Gasteiger partial charge in [-0.1, -0.05) is 26.0 Å². The molecule has 112 valence electrons. The van der Waals surface area contributed by atoms with Crippen molar-refractivity contribution >= 4 is 15.7 Å². The summed E-state index contributed by atoms with van der Waals surface area (Å²) in [6.45, 7) is 6.11. The summed E-state index contributed by atoms with van der Waals surface area (Å²) < 4.78 is 28.0. The van der Waals surface area contributed by atoms with Gasteiger partial charge in [-0.3, -0.25) is 0 Å². The molecule has 1 aliphatic rings. The minimum Gasteiger partial charge on any atom is -0.398 e. The topological polar surface area (TPSA) is 72.2 Å². The fourth-order valence-corrected chi connectivity index (χ4v) is 4.88. The van der Waals surface area contributed by atoms with Crippen molar-refractivity contribution in [3.05, 3.63) is 23.8 Å². The van der Waals surface area contributed by atoms with E-state index in [0.29, 0.717) is 23.1 Å². The Labute approximate surface area is 121 Å². The third-order valence-corrected chi connectivity index (χ3v) is 5.96. The molecule has 1 saturated carbocycles. The first-order valence-corrected chi connectivity index (χ1v) is 8.67. The minimum atomic E-state index is -3.55. The summed E-state index contributed by atoms with van der Waals surface area (Å²) in [7, 11) is -3.55. The summed E-state index contributed by atoms with van der Waals surface area (Å²) in [6, 6.07) is 5.19. The smallest absolute Gasteiger partial charge is 0.243 e. The molecular formula is C15H24N2O2S. The zero-order valence-electron chi connectivity index (χ0n) is 12.4. The maximum atomic E-state index is 12.6. The van der Waals surface area contributed by atoms with Crippen molar-refractivity contribution in [2.24, 2.45) is 11.8 Å². The van der Waals surface area contributed by atoms with Crippen LogP contribution in [0.4, 0.5) is 5.69 Å². The maximum absolute atomic E-state index is 12.6. The van der Waals surface area contributed by atoms with Crippen molar-refractivity contribution in [1.29, 1.82) is 0 Å². The molecule has 0 amide bonds. The van der Waals surface area contributed by atoms with E-state index in [1.165, 1.54) is 0 Å².